The minimum atomic E-state index is -2.89. The van der Waals surface area contributed by atoms with Crippen LogP contribution in [0.4, 0.5) is 0 Å². The summed E-state index contributed by atoms with van der Waals surface area (Å²) < 4.78 is 22.2. The second-order valence-corrected chi connectivity index (χ2v) is 9.46. The first kappa shape index (κ1) is 16.9. The molecule has 0 bridgehead atoms. The Hall–Kier alpha value is -0.130. The summed E-state index contributed by atoms with van der Waals surface area (Å²) in [5.41, 5.74) is -0.0110. The molecule has 114 valence electrons. The van der Waals surface area contributed by atoms with E-state index < -0.39 is 9.84 Å². The van der Waals surface area contributed by atoms with Gasteiger partial charge in [-0.05, 0) is 43.6 Å². The highest BCUT2D eigenvalue weighted by Crippen LogP contribution is 2.43. The Bertz CT molecular complexity index is 391. The van der Waals surface area contributed by atoms with E-state index in [0.717, 1.165) is 12.8 Å². The molecule has 4 nitrogen and oxygen atoms in total. The van der Waals surface area contributed by atoms with Gasteiger partial charge in [-0.1, -0.05) is 20.8 Å². The zero-order valence-electron chi connectivity index (χ0n) is 12.7. The highest BCUT2D eigenvalue weighted by Gasteiger charge is 2.42. The van der Waals surface area contributed by atoms with Crippen LogP contribution in [-0.4, -0.2) is 44.2 Å². The second-order valence-electron chi connectivity index (χ2n) is 7.20. The van der Waals surface area contributed by atoms with E-state index in [2.05, 4.69) is 26.1 Å². The molecule has 2 N–H and O–H groups in total. The van der Waals surface area contributed by atoms with E-state index >= 15 is 0 Å². The fourth-order valence-electron chi connectivity index (χ4n) is 3.74. The van der Waals surface area contributed by atoms with Gasteiger partial charge in [0.2, 0.25) is 0 Å². The fraction of sp³-hybridized carbons (Fsp3) is 1.00. The van der Waals surface area contributed by atoms with Gasteiger partial charge >= 0.3 is 0 Å². The van der Waals surface area contributed by atoms with Crippen LogP contribution >= 0.6 is 0 Å². The predicted molar refractivity (Wildman–Crippen MR) is 78.9 cm³/mol. The summed E-state index contributed by atoms with van der Waals surface area (Å²) >= 11 is 0. The van der Waals surface area contributed by atoms with E-state index in [0.29, 0.717) is 18.9 Å². The average molecular weight is 291 g/mol. The molecule has 1 aliphatic carbocycles. The van der Waals surface area contributed by atoms with Crippen LogP contribution in [0.5, 0.6) is 0 Å². The Morgan fingerprint density at radius 2 is 1.95 bits per heavy atom. The maximum absolute atomic E-state index is 11.1. The lowest BCUT2D eigenvalue weighted by atomic mass is 9.64. The van der Waals surface area contributed by atoms with E-state index in [4.69, 9.17) is 0 Å². The second kappa shape index (κ2) is 6.10. The number of aliphatic hydroxyl groups is 1. The largest absolute Gasteiger partial charge is 0.394 e. The van der Waals surface area contributed by atoms with Crippen molar-refractivity contribution in [1.82, 2.24) is 5.32 Å². The van der Waals surface area contributed by atoms with Crippen molar-refractivity contribution >= 4 is 9.84 Å². The van der Waals surface area contributed by atoms with Gasteiger partial charge in [-0.2, -0.15) is 0 Å². The van der Waals surface area contributed by atoms with Crippen LogP contribution in [0.2, 0.25) is 0 Å². The number of nitrogens with one attached hydrogen (secondary N) is 1. The molecular formula is C14H29NO3S. The Morgan fingerprint density at radius 3 is 2.42 bits per heavy atom. The molecule has 2 unspecified atom stereocenters. The molecule has 0 heterocycles. The van der Waals surface area contributed by atoms with Gasteiger partial charge in [-0.3, -0.25) is 0 Å². The first-order valence-corrected chi connectivity index (χ1v) is 9.17. The van der Waals surface area contributed by atoms with Crippen LogP contribution in [0, 0.1) is 11.3 Å². The summed E-state index contributed by atoms with van der Waals surface area (Å²) in [6.07, 6.45) is 4.96. The molecule has 2 atom stereocenters. The number of sulfone groups is 1. The lowest BCUT2D eigenvalue weighted by molar-refractivity contribution is 0.0367. The molecule has 0 saturated heterocycles. The molecule has 19 heavy (non-hydrogen) atoms. The number of hydrogen-bond donors (Lipinski definition) is 2. The molecule has 0 aromatic heterocycles. The Balaban J connectivity index is 2.56. The monoisotopic (exact) mass is 291 g/mol. The van der Waals surface area contributed by atoms with Crippen molar-refractivity contribution < 1.29 is 13.5 Å². The topological polar surface area (TPSA) is 66.4 Å². The highest BCUT2D eigenvalue weighted by atomic mass is 32.2. The average Bonchev–Trinajstić information content (AvgIpc) is 2.20. The van der Waals surface area contributed by atoms with Crippen LogP contribution in [0.25, 0.3) is 0 Å². The summed E-state index contributed by atoms with van der Waals surface area (Å²) in [6.45, 7) is 7.48. The van der Waals surface area contributed by atoms with Crippen molar-refractivity contribution in [2.75, 3.05) is 25.2 Å². The zero-order chi connectivity index (χ0) is 14.7. The van der Waals surface area contributed by atoms with Crippen molar-refractivity contribution in [2.45, 2.75) is 52.0 Å². The molecule has 1 aliphatic rings. The third-order valence-electron chi connectivity index (χ3n) is 3.95. The highest BCUT2D eigenvalue weighted by molar-refractivity contribution is 7.90. The van der Waals surface area contributed by atoms with E-state index in [1.807, 2.05) is 0 Å². The predicted octanol–water partition coefficient (Wildman–Crippen LogP) is 1.59. The van der Waals surface area contributed by atoms with Gasteiger partial charge in [0.1, 0.15) is 9.84 Å². The standard InChI is InChI=1S/C14H29NO3S/c1-12-8-13(2,3)10-14(9-12,11-16)15-6-5-7-19(4,17)18/h12,15-16H,5-11H2,1-4H3. The van der Waals surface area contributed by atoms with E-state index in [-0.39, 0.29) is 23.3 Å². The number of aliphatic hydroxyl groups excluding tert-OH is 1. The molecule has 1 saturated carbocycles. The molecular weight excluding hydrogens is 262 g/mol. The lowest BCUT2D eigenvalue weighted by Gasteiger charge is -2.47. The Morgan fingerprint density at radius 1 is 1.32 bits per heavy atom. The number of hydrogen-bond acceptors (Lipinski definition) is 4. The first-order chi connectivity index (χ1) is 8.58. The summed E-state index contributed by atoms with van der Waals surface area (Å²) in [5.74, 6) is 0.791. The molecule has 0 amide bonds. The van der Waals surface area contributed by atoms with Crippen molar-refractivity contribution in [3.05, 3.63) is 0 Å². The van der Waals surface area contributed by atoms with Crippen LogP contribution in [0.1, 0.15) is 46.5 Å². The van der Waals surface area contributed by atoms with Crippen molar-refractivity contribution in [1.29, 1.82) is 0 Å². The van der Waals surface area contributed by atoms with Gasteiger partial charge in [0.25, 0.3) is 0 Å². The van der Waals surface area contributed by atoms with Crippen LogP contribution < -0.4 is 5.32 Å². The van der Waals surface area contributed by atoms with Gasteiger partial charge < -0.3 is 10.4 Å². The summed E-state index contributed by atoms with van der Waals surface area (Å²) in [7, 11) is -2.89. The molecule has 1 rings (SSSR count). The maximum Gasteiger partial charge on any atom is 0.147 e. The van der Waals surface area contributed by atoms with Crippen molar-refractivity contribution in [3.8, 4) is 0 Å². The SMILES string of the molecule is CC1CC(C)(C)CC(CO)(NCCCS(C)(=O)=O)C1. The molecule has 1 fully saturated rings. The van der Waals surface area contributed by atoms with Crippen molar-refractivity contribution in [3.63, 3.8) is 0 Å². The Labute approximate surface area is 117 Å². The molecule has 0 radical (unpaired) electrons. The van der Waals surface area contributed by atoms with Gasteiger partial charge in [-0.15, -0.1) is 0 Å². The third-order valence-corrected chi connectivity index (χ3v) is 4.98. The molecule has 0 aromatic carbocycles. The normalized spacial score (nSPS) is 31.3. The van der Waals surface area contributed by atoms with E-state index in [1.54, 1.807) is 0 Å². The van der Waals surface area contributed by atoms with E-state index in [1.165, 1.54) is 12.7 Å². The summed E-state index contributed by atoms with van der Waals surface area (Å²) in [4.78, 5) is 0. The van der Waals surface area contributed by atoms with Crippen LogP contribution in [-0.2, 0) is 9.84 Å². The minimum absolute atomic E-state index is 0.125. The minimum Gasteiger partial charge on any atom is -0.394 e. The van der Waals surface area contributed by atoms with Crippen LogP contribution in [0.15, 0.2) is 0 Å². The maximum atomic E-state index is 11.1. The van der Waals surface area contributed by atoms with Gasteiger partial charge in [0, 0.05) is 11.8 Å². The van der Waals surface area contributed by atoms with Gasteiger partial charge in [0.05, 0.1) is 12.4 Å². The number of rotatable bonds is 6. The Kier molecular flexibility index (Phi) is 5.43. The van der Waals surface area contributed by atoms with Gasteiger partial charge in [-0.25, -0.2) is 8.42 Å². The lowest BCUT2D eigenvalue weighted by Crippen LogP contribution is -2.55. The zero-order valence-corrected chi connectivity index (χ0v) is 13.5. The van der Waals surface area contributed by atoms with Crippen LogP contribution in [0.3, 0.4) is 0 Å². The molecule has 5 heteroatoms. The van der Waals surface area contributed by atoms with E-state index in [9.17, 15) is 13.5 Å². The summed E-state index contributed by atoms with van der Waals surface area (Å²) in [5, 5.41) is 13.2. The quantitative estimate of drug-likeness (QED) is 0.729. The van der Waals surface area contributed by atoms with Gasteiger partial charge in [0.15, 0.2) is 0 Å². The third kappa shape index (κ3) is 5.79. The van der Waals surface area contributed by atoms with Crippen molar-refractivity contribution in [2.24, 2.45) is 11.3 Å². The molecule has 0 aromatic rings. The smallest absolute Gasteiger partial charge is 0.147 e. The molecule has 0 spiro atoms. The first-order valence-electron chi connectivity index (χ1n) is 7.11. The summed E-state index contributed by atoms with van der Waals surface area (Å²) in [6, 6.07) is 0. The fourth-order valence-corrected chi connectivity index (χ4v) is 4.41. The molecule has 0 aliphatic heterocycles.